The standard InChI is InChI=1S/C11H5F6NO2S/c1-20-9(19)6-2-5(21-11(15,16)17)3-8(7(6)4-18)10(12,13)14/h2-3H,1H3. The maximum atomic E-state index is 12.8. The Morgan fingerprint density at radius 2 is 1.81 bits per heavy atom. The highest BCUT2D eigenvalue weighted by molar-refractivity contribution is 8.00. The molecular weight excluding hydrogens is 324 g/mol. The minimum absolute atomic E-state index is 0.170. The largest absolute Gasteiger partial charge is 0.465 e. The first-order chi connectivity index (χ1) is 9.49. The number of esters is 1. The number of ether oxygens (including phenoxy) is 1. The van der Waals surface area contributed by atoms with Crippen molar-refractivity contribution in [3.63, 3.8) is 0 Å². The van der Waals surface area contributed by atoms with Gasteiger partial charge in [-0.05, 0) is 23.9 Å². The molecule has 0 atom stereocenters. The molecule has 21 heavy (non-hydrogen) atoms. The number of hydrogen-bond donors (Lipinski definition) is 0. The van der Waals surface area contributed by atoms with Crippen LogP contribution in [0.25, 0.3) is 0 Å². The third-order valence-corrected chi connectivity index (χ3v) is 2.87. The van der Waals surface area contributed by atoms with E-state index in [1.807, 2.05) is 0 Å². The Morgan fingerprint density at radius 3 is 2.19 bits per heavy atom. The van der Waals surface area contributed by atoms with Crippen molar-refractivity contribution in [2.75, 3.05) is 7.11 Å². The molecule has 0 aliphatic carbocycles. The lowest BCUT2D eigenvalue weighted by Gasteiger charge is -2.14. The lowest BCUT2D eigenvalue weighted by molar-refractivity contribution is -0.138. The normalized spacial score (nSPS) is 11.9. The number of hydrogen-bond acceptors (Lipinski definition) is 4. The Hall–Kier alpha value is -1.89. The van der Waals surface area contributed by atoms with E-state index in [4.69, 9.17) is 5.26 Å². The first-order valence-electron chi connectivity index (χ1n) is 4.99. The van der Waals surface area contributed by atoms with Gasteiger partial charge in [0.15, 0.2) is 0 Å². The number of nitriles is 1. The summed E-state index contributed by atoms with van der Waals surface area (Å²) in [5, 5.41) is 8.74. The van der Waals surface area contributed by atoms with Gasteiger partial charge in [0.25, 0.3) is 0 Å². The van der Waals surface area contributed by atoms with Crippen molar-refractivity contribution in [2.45, 2.75) is 16.6 Å². The average Bonchev–Trinajstić information content (AvgIpc) is 2.33. The van der Waals surface area contributed by atoms with Crippen LogP contribution in [0.4, 0.5) is 26.3 Å². The topological polar surface area (TPSA) is 50.1 Å². The predicted molar refractivity (Wildman–Crippen MR) is 59.4 cm³/mol. The Kier molecular flexibility index (Phi) is 4.78. The summed E-state index contributed by atoms with van der Waals surface area (Å²) in [5.41, 5.74) is -8.42. The molecule has 0 aromatic heterocycles. The number of carbonyl (C=O) groups excluding carboxylic acids is 1. The maximum Gasteiger partial charge on any atom is 0.446 e. The van der Waals surface area contributed by atoms with Crippen LogP contribution in [-0.2, 0) is 10.9 Å². The van der Waals surface area contributed by atoms with Crippen LogP contribution in [0.2, 0.25) is 0 Å². The van der Waals surface area contributed by atoms with Crippen LogP contribution < -0.4 is 0 Å². The summed E-state index contributed by atoms with van der Waals surface area (Å²) < 4.78 is 79.4. The van der Waals surface area contributed by atoms with Crippen molar-refractivity contribution in [1.29, 1.82) is 5.26 Å². The molecule has 0 aliphatic heterocycles. The third-order valence-electron chi connectivity index (χ3n) is 2.17. The second-order valence-electron chi connectivity index (χ2n) is 3.54. The molecule has 1 aromatic rings. The van der Waals surface area contributed by atoms with Crippen LogP contribution in [0.3, 0.4) is 0 Å². The summed E-state index contributed by atoms with van der Waals surface area (Å²) in [6.07, 6.45) is -5.09. The van der Waals surface area contributed by atoms with Gasteiger partial charge in [0.1, 0.15) is 6.07 Å². The van der Waals surface area contributed by atoms with Crippen molar-refractivity contribution in [3.8, 4) is 6.07 Å². The lowest BCUT2D eigenvalue weighted by Crippen LogP contribution is -2.14. The Balaban J connectivity index is 3.60. The Labute approximate surface area is 118 Å². The number of methoxy groups -OCH3 is 1. The van der Waals surface area contributed by atoms with Crippen LogP contribution in [0.5, 0.6) is 0 Å². The first kappa shape index (κ1) is 17.2. The number of halogens is 6. The van der Waals surface area contributed by atoms with Gasteiger partial charge in [0.05, 0.1) is 23.8 Å². The zero-order valence-electron chi connectivity index (χ0n) is 10.1. The van der Waals surface area contributed by atoms with E-state index in [1.165, 1.54) is 0 Å². The van der Waals surface area contributed by atoms with Gasteiger partial charge in [-0.2, -0.15) is 31.6 Å². The molecule has 0 radical (unpaired) electrons. The predicted octanol–water partition coefficient (Wildman–Crippen LogP) is 3.98. The number of thioether (sulfide) groups is 1. The van der Waals surface area contributed by atoms with Gasteiger partial charge < -0.3 is 4.74 Å². The SMILES string of the molecule is COC(=O)c1cc(SC(F)(F)F)cc(C(F)(F)F)c1C#N. The molecule has 10 heteroatoms. The molecule has 0 aliphatic rings. The molecule has 3 nitrogen and oxygen atoms in total. The van der Waals surface area contributed by atoms with Gasteiger partial charge in [-0.1, -0.05) is 0 Å². The first-order valence-corrected chi connectivity index (χ1v) is 5.80. The summed E-state index contributed by atoms with van der Waals surface area (Å²) in [4.78, 5) is 10.5. The molecule has 1 rings (SSSR count). The van der Waals surface area contributed by atoms with Crippen LogP contribution in [0.1, 0.15) is 21.5 Å². The monoisotopic (exact) mass is 329 g/mol. The molecule has 0 bridgehead atoms. The van der Waals surface area contributed by atoms with E-state index in [1.54, 1.807) is 0 Å². The molecule has 0 saturated heterocycles. The average molecular weight is 329 g/mol. The summed E-state index contributed by atoms with van der Waals surface area (Å²) >= 11 is -0.825. The minimum atomic E-state index is -5.09. The molecule has 114 valence electrons. The van der Waals surface area contributed by atoms with Crippen molar-refractivity contribution in [3.05, 3.63) is 28.8 Å². The Morgan fingerprint density at radius 1 is 1.24 bits per heavy atom. The van der Waals surface area contributed by atoms with Gasteiger partial charge in [-0.25, -0.2) is 4.79 Å². The fourth-order valence-corrected chi connectivity index (χ4v) is 2.04. The summed E-state index contributed by atoms with van der Waals surface area (Å²) in [7, 11) is 0.834. The summed E-state index contributed by atoms with van der Waals surface area (Å²) in [6.45, 7) is 0. The lowest BCUT2D eigenvalue weighted by atomic mass is 10.0. The molecule has 0 unspecified atom stereocenters. The van der Waals surface area contributed by atoms with E-state index in [0.717, 1.165) is 13.2 Å². The molecule has 0 N–H and O–H groups in total. The van der Waals surface area contributed by atoms with Crippen LogP contribution >= 0.6 is 11.8 Å². The quantitative estimate of drug-likeness (QED) is 0.468. The smallest absolute Gasteiger partial charge is 0.446 e. The zero-order valence-corrected chi connectivity index (χ0v) is 10.9. The molecule has 0 amide bonds. The van der Waals surface area contributed by atoms with E-state index < -0.39 is 51.0 Å². The van der Waals surface area contributed by atoms with E-state index in [2.05, 4.69) is 4.74 Å². The van der Waals surface area contributed by atoms with Crippen molar-refractivity contribution in [2.24, 2.45) is 0 Å². The molecule has 0 fully saturated rings. The highest BCUT2D eigenvalue weighted by atomic mass is 32.2. The van der Waals surface area contributed by atoms with Gasteiger partial charge in [-0.15, -0.1) is 0 Å². The van der Waals surface area contributed by atoms with E-state index >= 15 is 0 Å². The fraction of sp³-hybridized carbons (Fsp3) is 0.273. The second kappa shape index (κ2) is 5.85. The molecule has 1 aromatic carbocycles. The van der Waals surface area contributed by atoms with Crippen LogP contribution in [-0.4, -0.2) is 18.6 Å². The number of nitrogens with zero attached hydrogens (tertiary/aromatic N) is 1. The van der Waals surface area contributed by atoms with E-state index in [0.29, 0.717) is 6.07 Å². The van der Waals surface area contributed by atoms with Crippen molar-refractivity contribution < 1.29 is 35.9 Å². The molecule has 0 heterocycles. The minimum Gasteiger partial charge on any atom is -0.465 e. The number of rotatable bonds is 2. The van der Waals surface area contributed by atoms with Gasteiger partial charge >= 0.3 is 17.7 Å². The maximum absolute atomic E-state index is 12.8. The van der Waals surface area contributed by atoms with E-state index in [9.17, 15) is 31.1 Å². The summed E-state index contributed by atoms with van der Waals surface area (Å²) in [5.74, 6) is -1.33. The van der Waals surface area contributed by atoms with Crippen LogP contribution in [0, 0.1) is 11.3 Å². The third kappa shape index (κ3) is 4.29. The molecular formula is C11H5F6NO2S. The van der Waals surface area contributed by atoms with E-state index in [-0.39, 0.29) is 6.07 Å². The number of carbonyl (C=O) groups is 1. The van der Waals surface area contributed by atoms with Crippen molar-refractivity contribution >= 4 is 17.7 Å². The zero-order chi connectivity index (χ0) is 16.4. The second-order valence-corrected chi connectivity index (χ2v) is 4.68. The fourth-order valence-electron chi connectivity index (χ4n) is 1.42. The number of alkyl halides is 6. The summed E-state index contributed by atoms with van der Waals surface area (Å²) in [6, 6.07) is 1.87. The Bertz CT molecular complexity index is 602. The number of benzene rings is 1. The van der Waals surface area contributed by atoms with Gasteiger partial charge in [0.2, 0.25) is 0 Å². The highest BCUT2D eigenvalue weighted by Gasteiger charge is 2.38. The van der Waals surface area contributed by atoms with Crippen molar-refractivity contribution in [1.82, 2.24) is 0 Å². The van der Waals surface area contributed by atoms with Gasteiger partial charge in [0, 0.05) is 4.90 Å². The highest BCUT2D eigenvalue weighted by Crippen LogP contribution is 2.41. The molecule has 0 spiro atoms. The van der Waals surface area contributed by atoms with Gasteiger partial charge in [-0.3, -0.25) is 0 Å². The molecule has 0 saturated carbocycles. The van der Waals surface area contributed by atoms with Crippen LogP contribution in [0.15, 0.2) is 17.0 Å².